The number of carbonyl (C=O) groups is 2. The van der Waals surface area contributed by atoms with Gasteiger partial charge in [0.15, 0.2) is 0 Å². The van der Waals surface area contributed by atoms with Gasteiger partial charge in [-0.3, -0.25) is 24.4 Å². The molecule has 4 aromatic rings. The van der Waals surface area contributed by atoms with Crippen LogP contribution in [0.1, 0.15) is 28.9 Å². The van der Waals surface area contributed by atoms with Crippen molar-refractivity contribution < 1.29 is 19.1 Å². The molecule has 0 radical (unpaired) electrons. The van der Waals surface area contributed by atoms with Crippen molar-refractivity contribution in [2.24, 2.45) is 5.41 Å². The lowest BCUT2D eigenvalue weighted by atomic mass is 9.78. The number of hydrogen-bond donors (Lipinski definition) is 3. The molecule has 1 spiro atoms. The molecular formula is C37H43N9O4. The lowest BCUT2D eigenvalue weighted by Crippen LogP contribution is -2.66. The molecule has 13 heteroatoms. The number of amides is 2. The van der Waals surface area contributed by atoms with Crippen molar-refractivity contribution in [3.05, 3.63) is 78.4 Å². The lowest BCUT2D eigenvalue weighted by Gasteiger charge is -2.55. The van der Waals surface area contributed by atoms with E-state index in [-0.39, 0.29) is 17.9 Å². The van der Waals surface area contributed by atoms with Crippen LogP contribution in [0.25, 0.3) is 22.3 Å². The van der Waals surface area contributed by atoms with Gasteiger partial charge < -0.3 is 30.0 Å². The van der Waals surface area contributed by atoms with Gasteiger partial charge in [0, 0.05) is 80.4 Å². The number of nitrogens with one attached hydrogen (secondary N) is 3. The van der Waals surface area contributed by atoms with Gasteiger partial charge >= 0.3 is 0 Å². The SMILES string of the molecule is C=C(CN1CC2(COC2)C1)C(=O)N[C@@H]1CCCN(Cc2ccnc(C(=O)Nc3ccc(-c4cc5c(N6CCOCC6)ncnc5[nH]4)cc3)c2)C1. The minimum atomic E-state index is -0.268. The molecule has 8 rings (SSSR count). The van der Waals surface area contributed by atoms with Crippen LogP contribution in [0, 0.1) is 5.41 Å². The quantitative estimate of drug-likeness (QED) is 0.215. The predicted octanol–water partition coefficient (Wildman–Crippen LogP) is 3.08. The maximum absolute atomic E-state index is 13.2. The second-order valence-electron chi connectivity index (χ2n) is 14.1. The Morgan fingerprint density at radius 2 is 1.80 bits per heavy atom. The molecule has 0 saturated carbocycles. The molecule has 7 heterocycles. The van der Waals surface area contributed by atoms with Gasteiger partial charge in [-0.25, -0.2) is 9.97 Å². The topological polar surface area (TPSA) is 141 Å². The molecule has 0 unspecified atom stereocenters. The first-order valence-electron chi connectivity index (χ1n) is 17.4. The van der Waals surface area contributed by atoms with E-state index in [0.717, 1.165) is 99.0 Å². The average molecular weight is 678 g/mol. The third-order valence-electron chi connectivity index (χ3n) is 10.1. The number of morpholine rings is 1. The third-order valence-corrected chi connectivity index (χ3v) is 10.1. The van der Waals surface area contributed by atoms with Gasteiger partial charge in [-0.05, 0) is 60.8 Å². The van der Waals surface area contributed by atoms with E-state index in [1.165, 1.54) is 0 Å². The number of fused-ring (bicyclic) bond motifs is 1. The van der Waals surface area contributed by atoms with Crippen molar-refractivity contribution in [1.82, 2.24) is 35.1 Å². The maximum Gasteiger partial charge on any atom is 0.274 e. The number of ether oxygens (including phenoxy) is 2. The summed E-state index contributed by atoms with van der Waals surface area (Å²) in [6.07, 6.45) is 5.19. The van der Waals surface area contributed by atoms with Gasteiger partial charge in [-0.15, -0.1) is 0 Å². The number of benzene rings is 1. The van der Waals surface area contributed by atoms with Crippen LogP contribution in [-0.4, -0.2) is 120 Å². The van der Waals surface area contributed by atoms with Crippen molar-refractivity contribution in [3.8, 4) is 11.3 Å². The highest BCUT2D eigenvalue weighted by molar-refractivity contribution is 6.03. The van der Waals surface area contributed by atoms with Crippen molar-refractivity contribution in [2.45, 2.75) is 25.4 Å². The fourth-order valence-electron chi connectivity index (χ4n) is 7.53. The lowest BCUT2D eigenvalue weighted by molar-refractivity contribution is -0.186. The molecule has 3 aromatic heterocycles. The first kappa shape index (κ1) is 32.5. The van der Waals surface area contributed by atoms with Gasteiger partial charge in [0.1, 0.15) is 23.5 Å². The Kier molecular flexibility index (Phi) is 9.04. The summed E-state index contributed by atoms with van der Waals surface area (Å²) in [4.78, 5) is 49.7. The van der Waals surface area contributed by atoms with Gasteiger partial charge in [0.25, 0.3) is 5.91 Å². The third kappa shape index (κ3) is 6.99. The summed E-state index contributed by atoms with van der Waals surface area (Å²) in [5.41, 5.74) is 5.66. The summed E-state index contributed by atoms with van der Waals surface area (Å²) in [6, 6.07) is 13.6. The molecule has 4 fully saturated rings. The molecule has 3 N–H and O–H groups in total. The highest BCUT2D eigenvalue weighted by atomic mass is 16.5. The summed E-state index contributed by atoms with van der Waals surface area (Å²) in [5.74, 6) is 0.576. The van der Waals surface area contributed by atoms with E-state index in [2.05, 4.69) is 57.9 Å². The second kappa shape index (κ2) is 13.9. The van der Waals surface area contributed by atoms with E-state index in [4.69, 9.17) is 9.47 Å². The van der Waals surface area contributed by atoms with E-state index in [1.807, 2.05) is 36.4 Å². The molecular weight excluding hydrogens is 634 g/mol. The molecule has 1 aromatic carbocycles. The Morgan fingerprint density at radius 3 is 2.58 bits per heavy atom. The first-order valence-corrected chi connectivity index (χ1v) is 17.4. The van der Waals surface area contributed by atoms with E-state index in [0.29, 0.717) is 48.7 Å². The predicted molar refractivity (Wildman–Crippen MR) is 190 cm³/mol. The summed E-state index contributed by atoms with van der Waals surface area (Å²) < 4.78 is 10.9. The van der Waals surface area contributed by atoms with Gasteiger partial charge in [-0.1, -0.05) is 18.7 Å². The van der Waals surface area contributed by atoms with Gasteiger partial charge in [0.05, 0.1) is 31.8 Å². The monoisotopic (exact) mass is 677 g/mol. The van der Waals surface area contributed by atoms with Crippen LogP contribution in [0.5, 0.6) is 0 Å². The Morgan fingerprint density at radius 1 is 0.980 bits per heavy atom. The van der Waals surface area contributed by atoms with Crippen LogP contribution in [0.15, 0.2) is 67.1 Å². The summed E-state index contributed by atoms with van der Waals surface area (Å²) in [6.45, 7) is 13.6. The number of aromatic nitrogens is 4. The number of likely N-dealkylation sites (tertiary alicyclic amines) is 2. The molecule has 13 nitrogen and oxygen atoms in total. The van der Waals surface area contributed by atoms with Crippen LogP contribution in [0.4, 0.5) is 11.5 Å². The Bertz CT molecular complexity index is 1880. The number of carbonyl (C=O) groups excluding carboxylic acids is 2. The van der Waals surface area contributed by atoms with Crippen LogP contribution in [0.3, 0.4) is 0 Å². The largest absolute Gasteiger partial charge is 0.380 e. The molecule has 2 amide bonds. The molecule has 260 valence electrons. The second-order valence-corrected chi connectivity index (χ2v) is 14.1. The Labute approximate surface area is 291 Å². The van der Waals surface area contributed by atoms with Gasteiger partial charge in [-0.2, -0.15) is 0 Å². The Balaban J connectivity index is 0.843. The number of pyridine rings is 1. The van der Waals surface area contributed by atoms with Gasteiger partial charge in [0.2, 0.25) is 5.91 Å². The normalized spacial score (nSPS) is 20.6. The van der Waals surface area contributed by atoms with E-state index in [1.54, 1.807) is 12.5 Å². The maximum atomic E-state index is 13.2. The number of anilines is 2. The Hall–Kier alpha value is -4.69. The number of aromatic amines is 1. The highest BCUT2D eigenvalue weighted by Crippen LogP contribution is 2.37. The summed E-state index contributed by atoms with van der Waals surface area (Å²) >= 11 is 0. The average Bonchev–Trinajstić information content (AvgIpc) is 3.54. The van der Waals surface area contributed by atoms with Crippen LogP contribution in [-0.2, 0) is 20.8 Å². The summed E-state index contributed by atoms with van der Waals surface area (Å²) in [7, 11) is 0. The van der Waals surface area contributed by atoms with Crippen LogP contribution in [0.2, 0.25) is 0 Å². The number of piperidine rings is 1. The van der Waals surface area contributed by atoms with E-state index >= 15 is 0 Å². The molecule has 1 atom stereocenters. The fourth-order valence-corrected chi connectivity index (χ4v) is 7.53. The number of nitrogens with zero attached hydrogens (tertiary/aromatic N) is 6. The molecule has 50 heavy (non-hydrogen) atoms. The molecule has 0 bridgehead atoms. The first-order chi connectivity index (χ1) is 24.4. The molecule has 4 aliphatic rings. The van der Waals surface area contributed by atoms with E-state index in [9.17, 15) is 9.59 Å². The smallest absolute Gasteiger partial charge is 0.274 e. The van der Waals surface area contributed by atoms with Crippen molar-refractivity contribution in [3.63, 3.8) is 0 Å². The zero-order valence-corrected chi connectivity index (χ0v) is 28.2. The molecule has 4 aliphatic heterocycles. The molecule has 4 saturated heterocycles. The summed E-state index contributed by atoms with van der Waals surface area (Å²) in [5, 5.41) is 7.17. The van der Waals surface area contributed by atoms with Crippen LogP contribution < -0.4 is 15.5 Å². The number of hydrogen-bond acceptors (Lipinski definition) is 10. The minimum absolute atomic E-state index is 0.0625. The zero-order chi connectivity index (χ0) is 34.1. The van der Waals surface area contributed by atoms with Crippen LogP contribution >= 0.6 is 0 Å². The fraction of sp³-hybridized carbons (Fsp3) is 0.432. The highest BCUT2D eigenvalue weighted by Gasteiger charge is 2.48. The van der Waals surface area contributed by atoms with E-state index < -0.39 is 0 Å². The molecule has 0 aliphatic carbocycles. The zero-order valence-electron chi connectivity index (χ0n) is 28.2. The minimum Gasteiger partial charge on any atom is -0.380 e. The number of rotatable bonds is 10. The van der Waals surface area contributed by atoms with Crippen molar-refractivity contribution in [2.75, 3.05) is 82.5 Å². The van der Waals surface area contributed by atoms with Crippen molar-refractivity contribution >= 4 is 34.4 Å². The van der Waals surface area contributed by atoms with Crippen molar-refractivity contribution in [1.29, 1.82) is 0 Å². The number of H-pyrrole nitrogens is 1. The standard InChI is InChI=1S/C37H43N9O4/c1-25(17-45-20-37(21-45)22-50-23-37)35(47)42-29-3-2-10-44(19-29)18-26-8-9-38-32(15-26)36(48)41-28-6-4-27(5-7-28)31-16-30-33(43-31)39-24-40-34(30)46-11-13-49-14-12-46/h4-9,15-16,24,29H,1-3,10-14,17-23H2,(H,41,48)(H,42,47)(H,39,40,43)/t29-/m1/s1.